The Kier molecular flexibility index (Phi) is 3.98. The minimum atomic E-state index is -0.240. The molecule has 1 aromatic carbocycles. The first-order valence-electron chi connectivity index (χ1n) is 4.91. The van der Waals surface area contributed by atoms with E-state index in [0.717, 1.165) is 25.1 Å². The summed E-state index contributed by atoms with van der Waals surface area (Å²) in [6, 6.07) is 6.53. The molecule has 0 fully saturated rings. The van der Waals surface area contributed by atoms with E-state index in [-0.39, 0.29) is 5.82 Å². The molecular formula is C12H9BrFIN2. The van der Waals surface area contributed by atoms with Gasteiger partial charge in [0.05, 0.1) is 10.2 Å². The summed E-state index contributed by atoms with van der Waals surface area (Å²) in [7, 11) is 0. The largest absolute Gasteiger partial charge is 0.338 e. The van der Waals surface area contributed by atoms with Crippen LogP contribution < -0.4 is 5.32 Å². The van der Waals surface area contributed by atoms with Crippen LogP contribution in [-0.2, 0) is 0 Å². The molecule has 0 saturated carbocycles. The molecule has 1 N–H and O–H groups in total. The zero-order chi connectivity index (χ0) is 12.4. The molecule has 17 heavy (non-hydrogen) atoms. The summed E-state index contributed by atoms with van der Waals surface area (Å²) in [6.45, 7) is 1.99. The quantitative estimate of drug-likeness (QED) is 0.735. The van der Waals surface area contributed by atoms with Gasteiger partial charge in [-0.1, -0.05) is 0 Å². The second-order valence-corrected chi connectivity index (χ2v) is 5.49. The van der Waals surface area contributed by atoms with Gasteiger partial charge in [-0.05, 0) is 75.3 Å². The van der Waals surface area contributed by atoms with E-state index in [9.17, 15) is 4.39 Å². The fourth-order valence-electron chi connectivity index (χ4n) is 1.35. The number of nitrogens with one attached hydrogen (secondary N) is 1. The van der Waals surface area contributed by atoms with Crippen LogP contribution in [-0.4, -0.2) is 4.98 Å². The molecular weight excluding hydrogens is 398 g/mol. The third-order valence-corrected chi connectivity index (χ3v) is 4.16. The Hall–Kier alpha value is -0.690. The molecule has 0 aliphatic rings. The van der Waals surface area contributed by atoms with Crippen LogP contribution in [0.1, 0.15) is 5.56 Å². The molecule has 2 rings (SSSR count). The SMILES string of the molecule is Cc1ccnc(Nc2ccc(F)cc2I)c1Br. The maximum absolute atomic E-state index is 13.0. The molecule has 0 saturated heterocycles. The first-order valence-corrected chi connectivity index (χ1v) is 6.78. The van der Waals surface area contributed by atoms with Gasteiger partial charge in [0.15, 0.2) is 0 Å². The lowest BCUT2D eigenvalue weighted by Gasteiger charge is -2.10. The van der Waals surface area contributed by atoms with Crippen LogP contribution in [0.3, 0.4) is 0 Å². The maximum atomic E-state index is 13.0. The lowest BCUT2D eigenvalue weighted by atomic mass is 10.3. The number of hydrogen-bond donors (Lipinski definition) is 1. The van der Waals surface area contributed by atoms with Crippen molar-refractivity contribution in [2.24, 2.45) is 0 Å². The summed E-state index contributed by atoms with van der Waals surface area (Å²) < 4.78 is 14.7. The number of hydrogen-bond acceptors (Lipinski definition) is 2. The van der Waals surface area contributed by atoms with Crippen LogP contribution >= 0.6 is 38.5 Å². The molecule has 0 radical (unpaired) electrons. The van der Waals surface area contributed by atoms with E-state index >= 15 is 0 Å². The van der Waals surface area contributed by atoms with E-state index in [1.54, 1.807) is 12.3 Å². The number of benzene rings is 1. The highest BCUT2D eigenvalue weighted by atomic mass is 127. The van der Waals surface area contributed by atoms with Crippen molar-refractivity contribution in [1.29, 1.82) is 0 Å². The number of rotatable bonds is 2. The number of aryl methyl sites for hydroxylation is 1. The molecule has 2 aromatic rings. The number of aromatic nitrogens is 1. The van der Waals surface area contributed by atoms with E-state index < -0.39 is 0 Å². The van der Waals surface area contributed by atoms with Gasteiger partial charge in [-0.3, -0.25) is 0 Å². The van der Waals surface area contributed by atoms with E-state index in [2.05, 4.69) is 48.8 Å². The molecule has 5 heteroatoms. The van der Waals surface area contributed by atoms with Crippen LogP contribution in [0.25, 0.3) is 0 Å². The second-order valence-electron chi connectivity index (χ2n) is 3.54. The van der Waals surface area contributed by atoms with Crippen molar-refractivity contribution in [2.45, 2.75) is 6.92 Å². The fraction of sp³-hybridized carbons (Fsp3) is 0.0833. The third kappa shape index (κ3) is 2.95. The molecule has 0 aliphatic carbocycles. The Balaban J connectivity index is 2.35. The highest BCUT2D eigenvalue weighted by Gasteiger charge is 2.07. The van der Waals surface area contributed by atoms with Gasteiger partial charge < -0.3 is 5.32 Å². The Bertz CT molecular complexity index is 560. The number of halogens is 3. The van der Waals surface area contributed by atoms with Gasteiger partial charge in [-0.25, -0.2) is 9.37 Å². The smallest absolute Gasteiger partial charge is 0.144 e. The topological polar surface area (TPSA) is 24.9 Å². The fourth-order valence-corrected chi connectivity index (χ4v) is 2.29. The second kappa shape index (κ2) is 5.30. The average molecular weight is 407 g/mol. The van der Waals surface area contributed by atoms with Gasteiger partial charge in [0.2, 0.25) is 0 Å². The Morgan fingerprint density at radius 1 is 1.35 bits per heavy atom. The Labute approximate surface area is 121 Å². The molecule has 1 heterocycles. The van der Waals surface area contributed by atoms with Gasteiger partial charge in [0.1, 0.15) is 11.6 Å². The highest BCUT2D eigenvalue weighted by molar-refractivity contribution is 14.1. The van der Waals surface area contributed by atoms with Crippen LogP contribution in [0, 0.1) is 16.3 Å². The lowest BCUT2D eigenvalue weighted by molar-refractivity contribution is 0.627. The van der Waals surface area contributed by atoms with Gasteiger partial charge in [-0.2, -0.15) is 0 Å². The molecule has 0 aliphatic heterocycles. The average Bonchev–Trinajstić information content (AvgIpc) is 2.28. The normalized spacial score (nSPS) is 10.4. The van der Waals surface area contributed by atoms with Gasteiger partial charge in [-0.15, -0.1) is 0 Å². The zero-order valence-corrected chi connectivity index (χ0v) is 12.7. The minimum Gasteiger partial charge on any atom is -0.338 e. The summed E-state index contributed by atoms with van der Waals surface area (Å²) in [5.41, 5.74) is 1.94. The predicted molar refractivity (Wildman–Crippen MR) is 79.1 cm³/mol. The molecule has 2 nitrogen and oxygen atoms in total. The zero-order valence-electron chi connectivity index (χ0n) is 8.97. The maximum Gasteiger partial charge on any atom is 0.144 e. The first kappa shape index (κ1) is 12.8. The van der Waals surface area contributed by atoms with E-state index in [0.29, 0.717) is 0 Å². The molecule has 88 valence electrons. The van der Waals surface area contributed by atoms with Gasteiger partial charge >= 0.3 is 0 Å². The summed E-state index contributed by atoms with van der Waals surface area (Å²) >= 11 is 5.56. The summed E-state index contributed by atoms with van der Waals surface area (Å²) in [6.07, 6.45) is 1.73. The number of pyridine rings is 1. The molecule has 0 unspecified atom stereocenters. The van der Waals surface area contributed by atoms with Crippen LogP contribution in [0.4, 0.5) is 15.9 Å². The molecule has 0 atom stereocenters. The van der Waals surface area contributed by atoms with Crippen LogP contribution in [0.2, 0.25) is 0 Å². The standard InChI is InChI=1S/C12H9BrFIN2/c1-7-4-5-16-12(11(7)13)17-10-3-2-8(14)6-9(10)15/h2-6H,1H3,(H,16,17). The molecule has 0 bridgehead atoms. The third-order valence-electron chi connectivity index (χ3n) is 2.27. The van der Waals surface area contributed by atoms with Crippen molar-refractivity contribution < 1.29 is 4.39 Å². The number of nitrogens with zero attached hydrogens (tertiary/aromatic N) is 1. The lowest BCUT2D eigenvalue weighted by Crippen LogP contribution is -1.98. The van der Waals surface area contributed by atoms with Crippen LogP contribution in [0.5, 0.6) is 0 Å². The monoisotopic (exact) mass is 406 g/mol. The minimum absolute atomic E-state index is 0.240. The summed E-state index contributed by atoms with van der Waals surface area (Å²) in [4.78, 5) is 4.24. The van der Waals surface area contributed by atoms with Crippen molar-refractivity contribution >= 4 is 50.0 Å². The van der Waals surface area contributed by atoms with Crippen molar-refractivity contribution in [3.05, 3.63) is 49.9 Å². The highest BCUT2D eigenvalue weighted by Crippen LogP contribution is 2.28. The molecule has 0 spiro atoms. The van der Waals surface area contributed by atoms with Gasteiger partial charge in [0.25, 0.3) is 0 Å². The van der Waals surface area contributed by atoms with E-state index in [1.807, 2.05) is 13.0 Å². The summed E-state index contributed by atoms with van der Waals surface area (Å²) in [5, 5.41) is 3.18. The molecule has 0 amide bonds. The van der Waals surface area contributed by atoms with Crippen molar-refractivity contribution in [2.75, 3.05) is 5.32 Å². The Morgan fingerprint density at radius 2 is 2.12 bits per heavy atom. The van der Waals surface area contributed by atoms with Gasteiger partial charge in [0, 0.05) is 9.77 Å². The molecule has 1 aromatic heterocycles. The van der Waals surface area contributed by atoms with E-state index in [1.165, 1.54) is 12.1 Å². The Morgan fingerprint density at radius 3 is 2.82 bits per heavy atom. The van der Waals surface area contributed by atoms with Crippen molar-refractivity contribution in [1.82, 2.24) is 4.98 Å². The van der Waals surface area contributed by atoms with E-state index in [4.69, 9.17) is 0 Å². The number of anilines is 2. The first-order chi connectivity index (χ1) is 8.08. The summed E-state index contributed by atoms with van der Waals surface area (Å²) in [5.74, 6) is 0.491. The van der Waals surface area contributed by atoms with Crippen LogP contribution in [0.15, 0.2) is 34.9 Å². The van der Waals surface area contributed by atoms with Crippen molar-refractivity contribution in [3.8, 4) is 0 Å². The predicted octanol–water partition coefficient (Wildman–Crippen LogP) is 4.64. The van der Waals surface area contributed by atoms with Crippen molar-refractivity contribution in [3.63, 3.8) is 0 Å².